The number of rotatable bonds is 8. The first kappa shape index (κ1) is 15.3. The van der Waals surface area contributed by atoms with Crippen LogP contribution in [0.25, 0.3) is 0 Å². The fourth-order valence-corrected chi connectivity index (χ4v) is 2.16. The van der Waals surface area contributed by atoms with Gasteiger partial charge in [0.1, 0.15) is 13.2 Å². The van der Waals surface area contributed by atoms with Gasteiger partial charge in [0.25, 0.3) is 0 Å². The van der Waals surface area contributed by atoms with Crippen molar-refractivity contribution in [3.05, 3.63) is 40.4 Å². The van der Waals surface area contributed by atoms with Gasteiger partial charge in [-0.05, 0) is 12.1 Å². The molecule has 0 amide bonds. The summed E-state index contributed by atoms with van der Waals surface area (Å²) in [7, 11) is 0. The van der Waals surface area contributed by atoms with Crippen molar-refractivity contribution in [3.8, 4) is 5.75 Å². The summed E-state index contributed by atoms with van der Waals surface area (Å²) in [6.07, 6.45) is 2.42. The van der Waals surface area contributed by atoms with Crippen LogP contribution in [0.5, 0.6) is 5.75 Å². The van der Waals surface area contributed by atoms with E-state index in [4.69, 9.17) is 33.0 Å². The molecule has 0 aliphatic carbocycles. The maximum Gasteiger partial charge on any atom is 0.156 e. The molecule has 0 heterocycles. The van der Waals surface area contributed by atoms with E-state index in [1.54, 1.807) is 6.08 Å². The van der Waals surface area contributed by atoms with E-state index < -0.39 is 0 Å². The molecule has 100 valence electrons. The number of quaternary nitrogens is 1. The van der Waals surface area contributed by atoms with Gasteiger partial charge in [0, 0.05) is 18.6 Å². The summed E-state index contributed by atoms with van der Waals surface area (Å²) in [5.74, 6) is 0.498. The van der Waals surface area contributed by atoms with Crippen molar-refractivity contribution in [1.82, 2.24) is 0 Å². The van der Waals surface area contributed by atoms with Crippen molar-refractivity contribution in [1.29, 1.82) is 0 Å². The van der Waals surface area contributed by atoms with Gasteiger partial charge in [-0.25, -0.2) is 0 Å². The first-order valence-electron chi connectivity index (χ1n) is 5.83. The summed E-state index contributed by atoms with van der Waals surface area (Å²) in [6, 6.07) is 3.70. The lowest BCUT2D eigenvalue weighted by atomic mass is 10.2. The molecule has 3 nitrogen and oxygen atoms in total. The second kappa shape index (κ2) is 8.38. The van der Waals surface area contributed by atoms with Crippen LogP contribution in [0.1, 0.15) is 12.0 Å². The lowest BCUT2D eigenvalue weighted by Gasteiger charge is -2.10. The Morgan fingerprint density at radius 1 is 1.33 bits per heavy atom. The molecule has 0 spiro atoms. The highest BCUT2D eigenvalue weighted by atomic mass is 35.5. The molecular weight excluding hydrogens is 273 g/mol. The fourth-order valence-electron chi connectivity index (χ4n) is 1.51. The average molecular weight is 291 g/mol. The smallest absolute Gasteiger partial charge is 0.156 e. The summed E-state index contributed by atoms with van der Waals surface area (Å²) in [5.41, 5.74) is 1.04. The Morgan fingerprint density at radius 2 is 2.00 bits per heavy atom. The Hall–Kier alpha value is -0.740. The molecule has 3 N–H and O–H groups in total. The van der Waals surface area contributed by atoms with Gasteiger partial charge in [-0.1, -0.05) is 35.9 Å². The van der Waals surface area contributed by atoms with Crippen LogP contribution < -0.4 is 10.1 Å². The Balaban J connectivity index is 2.64. The first-order chi connectivity index (χ1) is 8.69. The highest BCUT2D eigenvalue weighted by Crippen LogP contribution is 2.33. The summed E-state index contributed by atoms with van der Waals surface area (Å²) in [4.78, 5) is 0. The van der Waals surface area contributed by atoms with Gasteiger partial charge >= 0.3 is 0 Å². The van der Waals surface area contributed by atoms with Crippen molar-refractivity contribution in [2.24, 2.45) is 0 Å². The second-order valence-corrected chi connectivity index (χ2v) is 4.66. The molecule has 0 radical (unpaired) electrons. The van der Waals surface area contributed by atoms with Gasteiger partial charge in [-0.3, -0.25) is 0 Å². The summed E-state index contributed by atoms with van der Waals surface area (Å²) >= 11 is 12.2. The molecule has 1 rings (SSSR count). The van der Waals surface area contributed by atoms with Crippen molar-refractivity contribution in [2.75, 3.05) is 19.8 Å². The quantitative estimate of drug-likeness (QED) is 0.568. The molecule has 0 bridgehead atoms. The van der Waals surface area contributed by atoms with Crippen molar-refractivity contribution in [3.63, 3.8) is 0 Å². The number of hydrogen-bond donors (Lipinski definition) is 2. The standard InChI is InChI=1S/C13H17Cl2NO2/c1-2-6-18-13-11(14)7-10(8-12(13)15)9-16-4-3-5-17/h2,7-8,16-17H,1,3-6,9H2/p+1. The minimum Gasteiger partial charge on any atom is -0.486 e. The molecule has 18 heavy (non-hydrogen) atoms. The average Bonchev–Trinajstić information content (AvgIpc) is 2.34. The zero-order valence-electron chi connectivity index (χ0n) is 10.2. The third-order valence-corrected chi connectivity index (χ3v) is 2.91. The van der Waals surface area contributed by atoms with Crippen molar-refractivity contribution in [2.45, 2.75) is 13.0 Å². The number of halogens is 2. The molecule has 0 aromatic heterocycles. The van der Waals surface area contributed by atoms with E-state index in [0.29, 0.717) is 22.4 Å². The van der Waals surface area contributed by atoms with Gasteiger partial charge in [0.15, 0.2) is 5.75 Å². The monoisotopic (exact) mass is 290 g/mol. The van der Waals surface area contributed by atoms with Crippen LogP contribution in [-0.4, -0.2) is 24.9 Å². The van der Waals surface area contributed by atoms with Crippen LogP contribution in [0.2, 0.25) is 10.0 Å². The van der Waals surface area contributed by atoms with E-state index in [9.17, 15) is 0 Å². The molecule has 0 fully saturated rings. The molecule has 0 aliphatic heterocycles. The lowest BCUT2D eigenvalue weighted by Crippen LogP contribution is -2.82. The van der Waals surface area contributed by atoms with E-state index in [-0.39, 0.29) is 6.61 Å². The van der Waals surface area contributed by atoms with Crippen molar-refractivity contribution >= 4 is 23.2 Å². The Bertz CT molecular complexity index is 374. The molecule has 5 heteroatoms. The normalized spacial score (nSPS) is 10.4. The van der Waals surface area contributed by atoms with Gasteiger partial charge in [-0.2, -0.15) is 0 Å². The van der Waals surface area contributed by atoms with E-state index in [1.807, 2.05) is 12.1 Å². The molecule has 0 unspecified atom stereocenters. The SMILES string of the molecule is C=CCOc1c(Cl)cc(C[NH2+]CCCO)cc1Cl. The predicted molar refractivity (Wildman–Crippen MR) is 74.4 cm³/mol. The van der Waals surface area contributed by atoms with E-state index in [0.717, 1.165) is 25.1 Å². The van der Waals surface area contributed by atoms with Gasteiger partial charge in [-0.15, -0.1) is 0 Å². The molecule has 0 aliphatic rings. The summed E-state index contributed by atoms with van der Waals surface area (Å²) in [5, 5.41) is 11.8. The maximum absolute atomic E-state index is 8.68. The number of benzene rings is 1. The predicted octanol–water partition coefficient (Wildman–Crippen LogP) is 2.00. The fraction of sp³-hybridized carbons (Fsp3) is 0.385. The molecular formula is C13H18Cl2NO2+. The summed E-state index contributed by atoms with van der Waals surface area (Å²) < 4.78 is 5.39. The third-order valence-electron chi connectivity index (χ3n) is 2.35. The zero-order valence-corrected chi connectivity index (χ0v) is 11.7. The number of aliphatic hydroxyl groups excluding tert-OH is 1. The summed E-state index contributed by atoms with van der Waals surface area (Å²) in [6.45, 7) is 5.82. The highest BCUT2D eigenvalue weighted by molar-refractivity contribution is 6.37. The van der Waals surface area contributed by atoms with E-state index >= 15 is 0 Å². The third kappa shape index (κ3) is 4.86. The highest BCUT2D eigenvalue weighted by Gasteiger charge is 2.10. The number of nitrogens with two attached hydrogens (primary N) is 1. The Kier molecular flexibility index (Phi) is 7.13. The number of ether oxygens (including phenoxy) is 1. The number of aliphatic hydroxyl groups is 1. The van der Waals surface area contributed by atoms with Crippen molar-refractivity contribution < 1.29 is 15.2 Å². The van der Waals surface area contributed by atoms with E-state index in [1.165, 1.54) is 0 Å². The number of hydrogen-bond acceptors (Lipinski definition) is 2. The molecule has 1 aromatic rings. The van der Waals surface area contributed by atoms with Crippen LogP contribution >= 0.6 is 23.2 Å². The second-order valence-electron chi connectivity index (χ2n) is 3.85. The molecule has 0 atom stereocenters. The Labute approximate surface area is 117 Å². The van der Waals surface area contributed by atoms with Crippen LogP contribution in [0.15, 0.2) is 24.8 Å². The van der Waals surface area contributed by atoms with Gasteiger partial charge in [0.05, 0.1) is 16.6 Å². The van der Waals surface area contributed by atoms with Crippen LogP contribution in [-0.2, 0) is 6.54 Å². The first-order valence-corrected chi connectivity index (χ1v) is 6.58. The van der Waals surface area contributed by atoms with Crippen LogP contribution in [0.4, 0.5) is 0 Å². The maximum atomic E-state index is 8.68. The van der Waals surface area contributed by atoms with Gasteiger partial charge in [0.2, 0.25) is 0 Å². The zero-order chi connectivity index (χ0) is 13.4. The molecule has 0 saturated carbocycles. The topological polar surface area (TPSA) is 46.1 Å². The largest absolute Gasteiger partial charge is 0.486 e. The lowest BCUT2D eigenvalue weighted by molar-refractivity contribution is -0.671. The van der Waals surface area contributed by atoms with Crippen LogP contribution in [0, 0.1) is 0 Å². The van der Waals surface area contributed by atoms with Crippen LogP contribution in [0.3, 0.4) is 0 Å². The van der Waals surface area contributed by atoms with E-state index in [2.05, 4.69) is 11.9 Å². The minimum atomic E-state index is 0.215. The molecule has 1 aromatic carbocycles. The molecule has 0 saturated heterocycles. The minimum absolute atomic E-state index is 0.215. The van der Waals surface area contributed by atoms with Gasteiger partial charge < -0.3 is 15.2 Å². The Morgan fingerprint density at radius 3 is 2.56 bits per heavy atom.